The largest absolute Gasteiger partial charge is 0.388 e. The molecule has 5 rings (SSSR count). The summed E-state index contributed by atoms with van der Waals surface area (Å²) in [6.07, 6.45) is 1.88. The molecule has 0 bridgehead atoms. The van der Waals surface area contributed by atoms with E-state index in [1.807, 2.05) is 6.92 Å². The Bertz CT molecular complexity index is 1410. The molecule has 3 atom stereocenters. The van der Waals surface area contributed by atoms with Crippen molar-refractivity contribution in [1.29, 1.82) is 0 Å². The molecule has 3 unspecified atom stereocenters. The number of hydrogen-bond acceptors (Lipinski definition) is 2. The lowest BCUT2D eigenvalue weighted by atomic mass is 9.81. The average molecular weight is 533 g/mol. The van der Waals surface area contributed by atoms with E-state index in [9.17, 15) is 22.7 Å². The molecule has 3 aromatic rings. The molecule has 0 aromatic heterocycles. The molecule has 1 fully saturated rings. The lowest BCUT2D eigenvalue weighted by Gasteiger charge is -2.24. The van der Waals surface area contributed by atoms with E-state index in [4.69, 9.17) is 4.74 Å². The first-order valence-electron chi connectivity index (χ1n) is 12.7. The molecule has 38 heavy (non-hydrogen) atoms. The van der Waals surface area contributed by atoms with Crippen molar-refractivity contribution in [3.05, 3.63) is 99.6 Å². The molecule has 0 amide bonds. The molecule has 1 aliphatic heterocycles. The molecule has 1 N–H and O–H groups in total. The molecule has 200 valence electrons. The van der Waals surface area contributed by atoms with Crippen LogP contribution in [0.4, 0.5) is 26.3 Å². The van der Waals surface area contributed by atoms with Crippen molar-refractivity contribution >= 4 is 5.57 Å². The van der Waals surface area contributed by atoms with Gasteiger partial charge in [-0.2, -0.15) is 0 Å². The van der Waals surface area contributed by atoms with Gasteiger partial charge in [-0.05, 0) is 42.7 Å². The van der Waals surface area contributed by atoms with Crippen LogP contribution < -0.4 is 0 Å². The molecule has 1 saturated heterocycles. The van der Waals surface area contributed by atoms with Gasteiger partial charge < -0.3 is 9.84 Å². The van der Waals surface area contributed by atoms with Gasteiger partial charge in [-0.25, -0.2) is 26.3 Å². The quantitative estimate of drug-likeness (QED) is 0.245. The number of halogens is 6. The number of benzene rings is 3. The molecule has 2 nitrogen and oxygen atoms in total. The smallest absolute Gasteiger partial charge is 0.167 e. The van der Waals surface area contributed by atoms with Gasteiger partial charge in [-0.15, -0.1) is 0 Å². The van der Waals surface area contributed by atoms with Crippen LogP contribution in [0.2, 0.25) is 0 Å². The standard InChI is InChI=1S/C30H26F6O2/c1-2-3-23(37)21-12-9-18(26(32)29(21)35)16-6-4-15(5-7-16)17-8-10-19(27(33)25(17)31)20-11-13-22(24-14-38-24)30(36)28(20)34/h6,8-13,15,23-24,37H,2-5,7,14H2,1H3. The minimum Gasteiger partial charge on any atom is -0.388 e. The number of aliphatic hydroxyl groups is 1. The summed E-state index contributed by atoms with van der Waals surface area (Å²) in [5.41, 5.74) is -0.123. The number of hydrogen-bond donors (Lipinski definition) is 1. The van der Waals surface area contributed by atoms with Crippen LogP contribution in [0.1, 0.15) is 79.4 Å². The molecule has 8 heteroatoms. The summed E-state index contributed by atoms with van der Waals surface area (Å²) in [4.78, 5) is 0. The van der Waals surface area contributed by atoms with Crippen LogP contribution in [-0.4, -0.2) is 11.7 Å². The Labute approximate surface area is 216 Å². The highest BCUT2D eigenvalue weighted by Crippen LogP contribution is 2.41. The van der Waals surface area contributed by atoms with Crippen molar-refractivity contribution in [1.82, 2.24) is 0 Å². The van der Waals surface area contributed by atoms with Crippen molar-refractivity contribution in [3.63, 3.8) is 0 Å². The molecule has 3 aromatic carbocycles. The number of ether oxygens (including phenoxy) is 1. The second-order valence-electron chi connectivity index (χ2n) is 9.82. The van der Waals surface area contributed by atoms with Crippen molar-refractivity contribution in [2.45, 2.75) is 57.2 Å². The third-order valence-electron chi connectivity index (χ3n) is 7.42. The summed E-state index contributed by atoms with van der Waals surface area (Å²) in [5.74, 6) is -7.40. The maximum Gasteiger partial charge on any atom is 0.167 e. The molecule has 1 heterocycles. The SMILES string of the molecule is CCCC(O)c1ccc(C2=CCC(c3ccc(-c4ccc(C5CO5)c(F)c4F)c(F)c3F)CC2)c(F)c1F. The predicted octanol–water partition coefficient (Wildman–Crippen LogP) is 8.44. The zero-order valence-corrected chi connectivity index (χ0v) is 20.6. The lowest BCUT2D eigenvalue weighted by molar-refractivity contribution is 0.160. The zero-order chi connectivity index (χ0) is 27.1. The number of allylic oxidation sites excluding steroid dienone is 2. The molecule has 0 saturated carbocycles. The second-order valence-corrected chi connectivity index (χ2v) is 9.82. The molecule has 0 radical (unpaired) electrons. The van der Waals surface area contributed by atoms with Crippen LogP contribution in [0, 0.1) is 34.9 Å². The third kappa shape index (κ3) is 4.76. The van der Waals surface area contributed by atoms with Crippen LogP contribution in [0.5, 0.6) is 0 Å². The van der Waals surface area contributed by atoms with Crippen LogP contribution in [0.25, 0.3) is 16.7 Å². The predicted molar refractivity (Wildman–Crippen MR) is 131 cm³/mol. The van der Waals surface area contributed by atoms with E-state index < -0.39 is 53.0 Å². The van der Waals surface area contributed by atoms with Gasteiger partial charge in [0.2, 0.25) is 0 Å². The van der Waals surface area contributed by atoms with Crippen LogP contribution in [0.15, 0.2) is 42.5 Å². The Morgan fingerprint density at radius 3 is 1.95 bits per heavy atom. The van der Waals surface area contributed by atoms with Gasteiger partial charge in [0.25, 0.3) is 0 Å². The Morgan fingerprint density at radius 1 is 0.789 bits per heavy atom. The molecular formula is C30H26F6O2. The maximum atomic E-state index is 15.1. The van der Waals surface area contributed by atoms with Gasteiger partial charge in [0.1, 0.15) is 6.10 Å². The first-order chi connectivity index (χ1) is 18.2. The first-order valence-corrected chi connectivity index (χ1v) is 12.7. The highest BCUT2D eigenvalue weighted by Gasteiger charge is 2.31. The van der Waals surface area contributed by atoms with Gasteiger partial charge in [0.05, 0.1) is 12.7 Å². The normalized spacial score (nSPS) is 19.8. The molecule has 0 spiro atoms. The highest BCUT2D eigenvalue weighted by atomic mass is 19.2. The monoisotopic (exact) mass is 532 g/mol. The van der Waals surface area contributed by atoms with E-state index in [1.165, 1.54) is 36.4 Å². The summed E-state index contributed by atoms with van der Waals surface area (Å²) >= 11 is 0. The van der Waals surface area contributed by atoms with Gasteiger partial charge in [0.15, 0.2) is 34.9 Å². The van der Waals surface area contributed by atoms with Crippen LogP contribution in [-0.2, 0) is 4.74 Å². The zero-order valence-electron chi connectivity index (χ0n) is 20.6. The van der Waals surface area contributed by atoms with E-state index >= 15 is 8.78 Å². The van der Waals surface area contributed by atoms with Gasteiger partial charge >= 0.3 is 0 Å². The van der Waals surface area contributed by atoms with Crippen molar-refractivity contribution < 1.29 is 36.2 Å². The minimum atomic E-state index is -1.28. The Morgan fingerprint density at radius 2 is 1.37 bits per heavy atom. The fourth-order valence-electron chi connectivity index (χ4n) is 5.20. The summed E-state index contributed by atoms with van der Waals surface area (Å²) in [6.45, 7) is 2.11. The summed E-state index contributed by atoms with van der Waals surface area (Å²) < 4.78 is 93.7. The summed E-state index contributed by atoms with van der Waals surface area (Å²) in [7, 11) is 0. The van der Waals surface area contributed by atoms with Gasteiger partial charge in [-0.1, -0.05) is 55.8 Å². The second kappa shape index (κ2) is 10.6. The van der Waals surface area contributed by atoms with E-state index in [2.05, 4.69) is 0 Å². The molecule has 1 aliphatic carbocycles. The van der Waals surface area contributed by atoms with E-state index in [1.54, 1.807) is 6.08 Å². The molecule has 2 aliphatic rings. The number of epoxide rings is 1. The maximum absolute atomic E-state index is 15.1. The van der Waals surface area contributed by atoms with Gasteiger partial charge in [0, 0.05) is 27.8 Å². The van der Waals surface area contributed by atoms with Crippen molar-refractivity contribution in [2.75, 3.05) is 6.61 Å². The minimum absolute atomic E-state index is 0.0386. The fourth-order valence-corrected chi connectivity index (χ4v) is 5.20. The number of rotatable bonds is 7. The van der Waals surface area contributed by atoms with Crippen LogP contribution >= 0.6 is 0 Å². The Balaban J connectivity index is 1.38. The Hall–Kier alpha value is -3.10. The topological polar surface area (TPSA) is 32.8 Å². The highest BCUT2D eigenvalue weighted by molar-refractivity contribution is 5.69. The van der Waals surface area contributed by atoms with Gasteiger partial charge in [-0.3, -0.25) is 0 Å². The first kappa shape index (κ1) is 26.5. The third-order valence-corrected chi connectivity index (χ3v) is 7.42. The molecular weight excluding hydrogens is 506 g/mol. The number of aliphatic hydroxyl groups excluding tert-OH is 1. The fraction of sp³-hybridized carbons (Fsp3) is 0.333. The van der Waals surface area contributed by atoms with Crippen LogP contribution in [0.3, 0.4) is 0 Å². The summed E-state index contributed by atoms with van der Waals surface area (Å²) in [6, 6.07) is 7.92. The van der Waals surface area contributed by atoms with E-state index in [0.29, 0.717) is 31.3 Å². The summed E-state index contributed by atoms with van der Waals surface area (Å²) in [5, 5.41) is 10.1. The van der Waals surface area contributed by atoms with E-state index in [0.717, 1.165) is 0 Å². The van der Waals surface area contributed by atoms with E-state index in [-0.39, 0.29) is 46.4 Å². The average Bonchev–Trinajstić information content (AvgIpc) is 3.75. The van der Waals surface area contributed by atoms with Crippen molar-refractivity contribution in [2.24, 2.45) is 0 Å². The lowest BCUT2D eigenvalue weighted by Crippen LogP contribution is -2.10. The Kier molecular flexibility index (Phi) is 7.38. The van der Waals surface area contributed by atoms with Crippen molar-refractivity contribution in [3.8, 4) is 11.1 Å².